The number of nitriles is 1. The molecule has 0 aliphatic rings. The van der Waals surface area contributed by atoms with Crippen LogP contribution >= 0.6 is 0 Å². The van der Waals surface area contributed by atoms with E-state index < -0.39 is 6.09 Å². The van der Waals surface area contributed by atoms with Crippen molar-refractivity contribution in [1.82, 2.24) is 0 Å². The molecule has 0 saturated carbocycles. The zero-order valence-corrected chi connectivity index (χ0v) is 6.78. The van der Waals surface area contributed by atoms with Crippen molar-refractivity contribution in [1.29, 1.82) is 5.26 Å². The predicted molar refractivity (Wildman–Crippen MR) is 46.6 cm³/mol. The van der Waals surface area contributed by atoms with Crippen molar-refractivity contribution < 1.29 is 9.53 Å². The van der Waals surface area contributed by atoms with E-state index in [1.54, 1.807) is 24.3 Å². The van der Waals surface area contributed by atoms with Crippen molar-refractivity contribution in [2.24, 2.45) is 0 Å². The summed E-state index contributed by atoms with van der Waals surface area (Å²) in [7, 11) is 2.95. The van der Waals surface area contributed by atoms with E-state index in [9.17, 15) is 4.79 Å². The maximum Gasteiger partial charge on any atom is 0.411 e. The van der Waals surface area contributed by atoms with Gasteiger partial charge in [-0.3, -0.25) is 5.32 Å². The molecule has 0 aliphatic carbocycles. The second-order valence-corrected chi connectivity index (χ2v) is 2.25. The van der Waals surface area contributed by atoms with Crippen LogP contribution in [0.25, 0.3) is 0 Å². The predicted octanol–water partition coefficient (Wildman–Crippen LogP) is 1.90. The van der Waals surface area contributed by atoms with E-state index in [2.05, 4.69) is 17.2 Å². The monoisotopic (exact) mass is 175 g/mol. The number of carbonyl (C=O) groups excluding carboxylic acids is 1. The van der Waals surface area contributed by atoms with Gasteiger partial charge in [0.2, 0.25) is 0 Å². The minimum absolute atomic E-state index is 0.536. The Labute approximate surface area is 75.7 Å². The smallest absolute Gasteiger partial charge is 0.411 e. The maximum atomic E-state index is 10.7. The summed E-state index contributed by atoms with van der Waals surface area (Å²) in [5.41, 5.74) is 1.10. The molecule has 0 aliphatic heterocycles. The van der Waals surface area contributed by atoms with Gasteiger partial charge in [0.25, 0.3) is 0 Å². The molecule has 13 heavy (non-hydrogen) atoms. The molecule has 0 unspecified atom stereocenters. The molecular formula is C9H7N2O2. The summed E-state index contributed by atoms with van der Waals surface area (Å²) in [4.78, 5) is 10.7. The standard InChI is InChI=1S/C9H7N2O2/c1-13-9(12)11-8-4-2-7(6-10)3-5-8/h2-5H,1H2,(H,11,12). The Hall–Kier alpha value is -2.02. The van der Waals surface area contributed by atoms with Crippen LogP contribution in [0.15, 0.2) is 24.3 Å². The van der Waals surface area contributed by atoms with Gasteiger partial charge in [-0.2, -0.15) is 5.26 Å². The topological polar surface area (TPSA) is 62.1 Å². The van der Waals surface area contributed by atoms with Crippen LogP contribution in [0.3, 0.4) is 0 Å². The van der Waals surface area contributed by atoms with E-state index in [0.29, 0.717) is 11.3 Å². The number of nitrogens with zero attached hydrogens (tertiary/aromatic N) is 1. The van der Waals surface area contributed by atoms with Crippen molar-refractivity contribution >= 4 is 11.8 Å². The minimum atomic E-state index is -0.635. The highest BCUT2D eigenvalue weighted by atomic mass is 16.5. The summed E-state index contributed by atoms with van der Waals surface area (Å²) in [5.74, 6) is 0. The van der Waals surface area contributed by atoms with Gasteiger partial charge in [-0.25, -0.2) is 4.79 Å². The lowest BCUT2D eigenvalue weighted by atomic mass is 10.2. The molecule has 0 bridgehead atoms. The van der Waals surface area contributed by atoms with Crippen molar-refractivity contribution in [2.75, 3.05) is 5.32 Å². The van der Waals surface area contributed by atoms with Crippen LogP contribution in [0.5, 0.6) is 0 Å². The number of ether oxygens (including phenoxy) is 1. The molecule has 0 fully saturated rings. The number of nitrogens with one attached hydrogen (secondary N) is 1. The lowest BCUT2D eigenvalue weighted by Gasteiger charge is -2.01. The summed E-state index contributed by atoms with van der Waals surface area (Å²) < 4.78 is 4.15. The van der Waals surface area contributed by atoms with E-state index in [4.69, 9.17) is 5.26 Å². The van der Waals surface area contributed by atoms with E-state index in [0.717, 1.165) is 0 Å². The van der Waals surface area contributed by atoms with E-state index in [-0.39, 0.29) is 0 Å². The fraction of sp³-hybridized carbons (Fsp3) is 0. The van der Waals surface area contributed by atoms with Gasteiger partial charge >= 0.3 is 6.09 Å². The molecule has 1 aromatic rings. The molecule has 0 aromatic heterocycles. The first-order valence-corrected chi connectivity index (χ1v) is 3.49. The molecule has 0 atom stereocenters. The van der Waals surface area contributed by atoms with Gasteiger partial charge < -0.3 is 4.74 Å². The average molecular weight is 175 g/mol. The highest BCUT2D eigenvalue weighted by Crippen LogP contribution is 2.08. The highest BCUT2D eigenvalue weighted by Gasteiger charge is 1.99. The lowest BCUT2D eigenvalue weighted by Crippen LogP contribution is -2.09. The van der Waals surface area contributed by atoms with Crippen LogP contribution in [0.4, 0.5) is 10.5 Å². The van der Waals surface area contributed by atoms with Gasteiger partial charge in [-0.05, 0) is 24.3 Å². The van der Waals surface area contributed by atoms with Crippen LogP contribution in [0.1, 0.15) is 5.56 Å². The number of hydrogen-bond acceptors (Lipinski definition) is 3. The van der Waals surface area contributed by atoms with Crippen LogP contribution in [-0.2, 0) is 4.74 Å². The molecule has 4 heteroatoms. The van der Waals surface area contributed by atoms with Crippen LogP contribution in [0.2, 0.25) is 0 Å². The largest absolute Gasteiger partial charge is 0.446 e. The number of rotatable bonds is 1. The third kappa shape index (κ3) is 2.49. The van der Waals surface area contributed by atoms with Crippen molar-refractivity contribution in [3.8, 4) is 6.07 Å². The Morgan fingerprint density at radius 2 is 2.08 bits per heavy atom. The molecule has 1 amide bonds. The molecule has 0 saturated heterocycles. The zero-order chi connectivity index (χ0) is 9.68. The molecule has 1 rings (SSSR count). The third-order valence-corrected chi connectivity index (χ3v) is 1.39. The second kappa shape index (κ2) is 4.12. The molecule has 4 nitrogen and oxygen atoms in total. The van der Waals surface area contributed by atoms with Gasteiger partial charge in [-0.15, -0.1) is 0 Å². The summed E-state index contributed by atoms with van der Waals surface area (Å²) in [6, 6.07) is 8.37. The Kier molecular flexibility index (Phi) is 2.87. The molecule has 0 heterocycles. The molecule has 0 spiro atoms. The normalized spacial score (nSPS) is 8.62. The molecule has 65 valence electrons. The average Bonchev–Trinajstić information content (AvgIpc) is 2.19. The van der Waals surface area contributed by atoms with Crippen molar-refractivity contribution in [3.05, 3.63) is 36.9 Å². The van der Waals surface area contributed by atoms with Crippen LogP contribution in [0, 0.1) is 18.4 Å². The second-order valence-electron chi connectivity index (χ2n) is 2.25. The first-order chi connectivity index (χ1) is 6.26. The number of hydrogen-bond donors (Lipinski definition) is 1. The molecule has 1 aromatic carbocycles. The Morgan fingerprint density at radius 3 is 2.54 bits per heavy atom. The van der Waals surface area contributed by atoms with Gasteiger partial charge in [0.05, 0.1) is 11.6 Å². The number of anilines is 1. The summed E-state index contributed by atoms with van der Waals surface area (Å²) >= 11 is 0. The van der Waals surface area contributed by atoms with Gasteiger partial charge in [0, 0.05) is 5.69 Å². The van der Waals surface area contributed by atoms with Crippen LogP contribution < -0.4 is 5.32 Å². The summed E-state index contributed by atoms with van der Waals surface area (Å²) in [6.07, 6.45) is -0.635. The molecular weight excluding hydrogens is 168 g/mol. The van der Waals surface area contributed by atoms with Gasteiger partial charge in [0.15, 0.2) is 0 Å². The first kappa shape index (κ1) is 9.07. The van der Waals surface area contributed by atoms with Crippen molar-refractivity contribution in [2.45, 2.75) is 0 Å². The summed E-state index contributed by atoms with van der Waals surface area (Å²) in [6.45, 7) is 0. The Morgan fingerprint density at radius 1 is 1.46 bits per heavy atom. The van der Waals surface area contributed by atoms with Gasteiger partial charge in [0.1, 0.15) is 7.11 Å². The van der Waals surface area contributed by atoms with Crippen LogP contribution in [-0.4, -0.2) is 6.09 Å². The fourth-order valence-electron chi connectivity index (χ4n) is 0.782. The SMILES string of the molecule is [CH2]OC(=O)Nc1ccc(C#N)cc1. The number of benzene rings is 1. The van der Waals surface area contributed by atoms with E-state index in [1.165, 1.54) is 0 Å². The third-order valence-electron chi connectivity index (χ3n) is 1.39. The van der Waals surface area contributed by atoms with E-state index >= 15 is 0 Å². The molecule has 1 radical (unpaired) electrons. The lowest BCUT2D eigenvalue weighted by molar-refractivity contribution is 0.199. The Bertz CT molecular complexity index is 338. The summed E-state index contributed by atoms with van der Waals surface area (Å²) in [5, 5.41) is 10.9. The minimum Gasteiger partial charge on any atom is -0.446 e. The van der Waals surface area contributed by atoms with E-state index in [1.807, 2.05) is 6.07 Å². The van der Waals surface area contributed by atoms with Crippen molar-refractivity contribution in [3.63, 3.8) is 0 Å². The quantitative estimate of drug-likeness (QED) is 0.708. The zero-order valence-electron chi connectivity index (χ0n) is 6.78. The van der Waals surface area contributed by atoms with Gasteiger partial charge in [-0.1, -0.05) is 0 Å². The number of amides is 1. The molecule has 1 N–H and O–H groups in total. The number of carbonyl (C=O) groups is 1. The Balaban J connectivity index is 2.71. The maximum absolute atomic E-state index is 10.7. The first-order valence-electron chi connectivity index (χ1n) is 3.49. The fourth-order valence-corrected chi connectivity index (χ4v) is 0.782. The highest BCUT2D eigenvalue weighted by molar-refractivity contribution is 5.84.